The molecule has 0 aliphatic carbocycles. The zero-order valence-corrected chi connectivity index (χ0v) is 14.5. The van der Waals surface area contributed by atoms with Crippen LogP contribution in [-0.2, 0) is 0 Å². The molecule has 0 bridgehead atoms. The van der Waals surface area contributed by atoms with E-state index >= 15 is 0 Å². The van der Waals surface area contributed by atoms with E-state index in [0.717, 1.165) is 11.1 Å². The Hall–Kier alpha value is -2.05. The minimum atomic E-state index is -0.202. The number of nitrogens with two attached hydrogens (primary N) is 1. The Morgan fingerprint density at radius 3 is 2.65 bits per heavy atom. The van der Waals surface area contributed by atoms with E-state index in [-0.39, 0.29) is 22.6 Å². The molecule has 0 spiro atoms. The van der Waals surface area contributed by atoms with Crippen molar-refractivity contribution >= 4 is 22.3 Å². The van der Waals surface area contributed by atoms with Crippen LogP contribution in [-0.4, -0.2) is 25.4 Å². The molecule has 6 heteroatoms. The molecule has 0 aliphatic rings. The topological polar surface area (TPSA) is 73.2 Å². The lowest BCUT2D eigenvalue weighted by Gasteiger charge is -2.15. The highest BCUT2D eigenvalue weighted by atomic mass is 32.1. The van der Waals surface area contributed by atoms with Crippen LogP contribution in [0.2, 0.25) is 0 Å². The van der Waals surface area contributed by atoms with Crippen LogP contribution in [0.15, 0.2) is 41.7 Å². The molecule has 2 aromatic rings. The van der Waals surface area contributed by atoms with E-state index < -0.39 is 0 Å². The van der Waals surface area contributed by atoms with Gasteiger partial charge in [0.1, 0.15) is 5.82 Å². The smallest absolute Gasteiger partial charge is 0.277 e. The fraction of sp³-hybridized carbons (Fsp3) is 0.294. The van der Waals surface area contributed by atoms with Gasteiger partial charge in [-0.2, -0.15) is 0 Å². The third-order valence-electron chi connectivity index (χ3n) is 3.58. The molecular weight excluding hydrogens is 310 g/mol. The molecule has 0 aliphatic heterocycles. The quantitative estimate of drug-likeness (QED) is 0.457. The van der Waals surface area contributed by atoms with E-state index in [0.29, 0.717) is 22.7 Å². The van der Waals surface area contributed by atoms with Crippen molar-refractivity contribution in [3.05, 3.63) is 52.8 Å². The first-order chi connectivity index (χ1) is 10.9. The van der Waals surface area contributed by atoms with Crippen molar-refractivity contribution < 1.29 is 5.11 Å². The number of aromatic nitrogens is 2. The zero-order valence-electron chi connectivity index (χ0n) is 13.7. The van der Waals surface area contributed by atoms with E-state index in [2.05, 4.69) is 6.58 Å². The molecule has 3 N–H and O–H groups in total. The van der Waals surface area contributed by atoms with Gasteiger partial charge < -0.3 is 10.8 Å². The van der Waals surface area contributed by atoms with Gasteiger partial charge in [-0.3, -0.25) is 4.79 Å². The zero-order chi connectivity index (χ0) is 17.1. The molecule has 23 heavy (non-hydrogen) atoms. The summed E-state index contributed by atoms with van der Waals surface area (Å²) in [5, 5.41) is 10.4. The van der Waals surface area contributed by atoms with E-state index in [9.17, 15) is 9.90 Å². The Labute approximate surface area is 139 Å². The number of aliphatic hydroxyl groups excluding tert-OH is 1. The number of hydrogen-bond acceptors (Lipinski definition) is 2. The van der Waals surface area contributed by atoms with Crippen molar-refractivity contribution in [2.24, 2.45) is 0 Å². The van der Waals surface area contributed by atoms with Crippen LogP contribution in [0.25, 0.3) is 11.1 Å². The molecule has 5 nitrogen and oxygen atoms in total. The van der Waals surface area contributed by atoms with Crippen molar-refractivity contribution in [3.63, 3.8) is 0 Å². The highest BCUT2D eigenvalue weighted by molar-refractivity contribution is 7.98. The van der Waals surface area contributed by atoms with Crippen LogP contribution in [0.3, 0.4) is 0 Å². The summed E-state index contributed by atoms with van der Waals surface area (Å²) in [6.07, 6.45) is 1.71. The summed E-state index contributed by atoms with van der Waals surface area (Å²) in [7, 11) is 0. The average molecular weight is 333 g/mol. The van der Waals surface area contributed by atoms with Gasteiger partial charge >= 0.3 is 0 Å². The Kier molecular flexibility index (Phi) is 5.28. The SMILES string of the molecule is C=CC[SH]=C(O)n1c(N)c(-c2ccccc2C)c(=O)n1C(C)C. The number of nitrogens with zero attached hydrogens (tertiary/aromatic N) is 2. The molecular formula is C17H23N3O2S. The van der Waals surface area contributed by atoms with Crippen molar-refractivity contribution in [1.29, 1.82) is 0 Å². The van der Waals surface area contributed by atoms with Gasteiger partial charge in [-0.1, -0.05) is 30.3 Å². The highest BCUT2D eigenvalue weighted by Crippen LogP contribution is 2.27. The number of aryl methyl sites for hydroxylation is 1. The molecule has 1 heterocycles. The fourth-order valence-corrected chi connectivity index (χ4v) is 3.16. The number of thiol groups is 1. The Morgan fingerprint density at radius 1 is 1.43 bits per heavy atom. The first kappa shape index (κ1) is 17.3. The van der Waals surface area contributed by atoms with Crippen LogP contribution in [0.4, 0.5) is 5.82 Å². The summed E-state index contributed by atoms with van der Waals surface area (Å²) in [5.74, 6) is 0.835. The second-order valence-electron chi connectivity index (χ2n) is 5.56. The first-order valence-corrected chi connectivity index (χ1v) is 8.51. The van der Waals surface area contributed by atoms with Crippen molar-refractivity contribution in [1.82, 2.24) is 9.36 Å². The van der Waals surface area contributed by atoms with E-state index in [4.69, 9.17) is 5.73 Å². The van der Waals surface area contributed by atoms with Gasteiger partial charge in [0.05, 0.1) is 5.56 Å². The van der Waals surface area contributed by atoms with Gasteiger partial charge in [0.15, 0.2) is 5.17 Å². The van der Waals surface area contributed by atoms with Gasteiger partial charge in [0.2, 0.25) is 0 Å². The summed E-state index contributed by atoms with van der Waals surface area (Å²) in [5.41, 5.74) is 8.23. The molecule has 0 amide bonds. The Balaban J connectivity index is 2.80. The summed E-state index contributed by atoms with van der Waals surface area (Å²) < 4.78 is 2.91. The number of rotatable bonds is 4. The third kappa shape index (κ3) is 3.18. The molecule has 0 saturated heterocycles. The first-order valence-electron chi connectivity index (χ1n) is 7.43. The molecule has 0 atom stereocenters. The second-order valence-corrected chi connectivity index (χ2v) is 6.64. The summed E-state index contributed by atoms with van der Waals surface area (Å²) in [4.78, 5) is 12.9. The predicted molar refractivity (Wildman–Crippen MR) is 101 cm³/mol. The summed E-state index contributed by atoms with van der Waals surface area (Å²) in [6, 6.07) is 7.46. The van der Waals surface area contributed by atoms with Crippen molar-refractivity contribution in [2.45, 2.75) is 26.8 Å². The molecule has 0 unspecified atom stereocenters. The van der Waals surface area contributed by atoms with Crippen LogP contribution >= 0.6 is 11.4 Å². The maximum absolute atomic E-state index is 12.9. The van der Waals surface area contributed by atoms with Crippen LogP contribution in [0.5, 0.6) is 0 Å². The average Bonchev–Trinajstić information content (AvgIpc) is 2.77. The lowest BCUT2D eigenvalue weighted by atomic mass is 10.0. The fourth-order valence-electron chi connectivity index (χ4n) is 2.53. The van der Waals surface area contributed by atoms with Gasteiger partial charge in [0.25, 0.3) is 5.56 Å². The van der Waals surface area contributed by atoms with E-state index in [1.165, 1.54) is 9.36 Å². The van der Waals surface area contributed by atoms with Gasteiger partial charge in [-0.25, -0.2) is 9.36 Å². The molecule has 0 radical (unpaired) electrons. The maximum Gasteiger partial charge on any atom is 0.277 e. The standard InChI is InChI=1S/C17H23N3O2S/c1-5-10-23-17(22)20-15(18)14(16(21)19(20)11(2)3)13-9-7-6-8-12(13)4/h5-9,11,22-23H,1,10,18H2,2-4H3. The number of benzene rings is 1. The monoisotopic (exact) mass is 333 g/mol. The Morgan fingerprint density at radius 2 is 2.09 bits per heavy atom. The highest BCUT2D eigenvalue weighted by Gasteiger charge is 2.23. The lowest BCUT2D eigenvalue weighted by Crippen LogP contribution is -2.29. The molecule has 0 saturated carbocycles. The summed E-state index contributed by atoms with van der Waals surface area (Å²) >= 11 is 0.643. The number of anilines is 1. The van der Waals surface area contributed by atoms with Crippen molar-refractivity contribution in [3.8, 4) is 11.1 Å². The normalized spacial score (nSPS) is 12.3. The van der Waals surface area contributed by atoms with Gasteiger partial charge in [-0.15, -0.1) is 17.9 Å². The lowest BCUT2D eigenvalue weighted by molar-refractivity contribution is 0.438. The minimum Gasteiger partial charge on any atom is -0.383 e. The van der Waals surface area contributed by atoms with Crippen molar-refractivity contribution in [2.75, 3.05) is 11.5 Å². The summed E-state index contributed by atoms with van der Waals surface area (Å²) in [6.45, 7) is 9.35. The van der Waals surface area contributed by atoms with Crippen LogP contribution < -0.4 is 11.3 Å². The second kappa shape index (κ2) is 7.02. The van der Waals surface area contributed by atoms with Gasteiger partial charge in [0, 0.05) is 11.8 Å². The largest absolute Gasteiger partial charge is 0.383 e. The molecule has 0 fully saturated rings. The van der Waals surface area contributed by atoms with Crippen LogP contribution in [0, 0.1) is 6.92 Å². The molecule has 1 aromatic heterocycles. The maximum atomic E-state index is 12.9. The van der Waals surface area contributed by atoms with Gasteiger partial charge in [-0.05, 0) is 31.9 Å². The third-order valence-corrected chi connectivity index (χ3v) is 4.49. The molecule has 1 aromatic carbocycles. The number of nitrogen functional groups attached to an aromatic ring is 1. The number of aliphatic hydroxyl groups is 1. The van der Waals surface area contributed by atoms with Crippen LogP contribution in [0.1, 0.15) is 25.5 Å². The predicted octanol–water partition coefficient (Wildman–Crippen LogP) is 2.93. The minimum absolute atomic E-state index is 0.0213. The van der Waals surface area contributed by atoms with E-state index in [1.807, 2.05) is 45.0 Å². The molecule has 124 valence electrons. The van der Waals surface area contributed by atoms with E-state index in [1.54, 1.807) is 6.08 Å². The molecule has 2 rings (SSSR count). The number of hydrogen-bond donors (Lipinski definition) is 3. The Bertz CT molecular complexity index is 816.